The molecule has 3 heterocycles. The van der Waals surface area contributed by atoms with Crippen LogP contribution in [0, 0.1) is 20.8 Å². The Labute approximate surface area is 177 Å². The Morgan fingerprint density at radius 1 is 1.03 bits per heavy atom. The van der Waals surface area contributed by atoms with E-state index in [0.717, 1.165) is 72.1 Å². The Bertz CT molecular complexity index is 1130. The molecule has 4 rings (SSSR count). The van der Waals surface area contributed by atoms with Gasteiger partial charge in [-0.3, -0.25) is 4.90 Å². The predicted molar refractivity (Wildman–Crippen MR) is 120 cm³/mol. The molecule has 2 aromatic heterocycles. The number of anilines is 1. The van der Waals surface area contributed by atoms with Crippen LogP contribution in [-0.2, 0) is 6.54 Å². The van der Waals surface area contributed by atoms with Crippen LogP contribution in [0.1, 0.15) is 48.0 Å². The van der Waals surface area contributed by atoms with Gasteiger partial charge in [-0.05, 0) is 37.5 Å². The van der Waals surface area contributed by atoms with Gasteiger partial charge in [0.25, 0.3) is 0 Å². The van der Waals surface area contributed by atoms with Crippen molar-refractivity contribution in [1.82, 2.24) is 14.9 Å². The number of fused-ring (bicyclic) bond motifs is 1. The molecule has 6 heteroatoms. The van der Waals surface area contributed by atoms with Crippen LogP contribution in [0.2, 0.25) is 0 Å². The molecule has 0 bridgehead atoms. The van der Waals surface area contributed by atoms with Gasteiger partial charge in [0.2, 0.25) is 0 Å². The SMILES string of the molecule is Cc1cc(N2CCN(Cc3cc(=O)oc4c(C)c(C)ccc34)CC2)nc(C(C)C)n1. The molecule has 0 radical (unpaired) electrons. The van der Waals surface area contributed by atoms with Gasteiger partial charge >= 0.3 is 5.63 Å². The highest BCUT2D eigenvalue weighted by atomic mass is 16.4. The van der Waals surface area contributed by atoms with Gasteiger partial charge in [0, 0.05) is 61.9 Å². The maximum atomic E-state index is 12.2. The van der Waals surface area contributed by atoms with E-state index in [9.17, 15) is 4.79 Å². The molecule has 30 heavy (non-hydrogen) atoms. The van der Waals surface area contributed by atoms with Crippen LogP contribution >= 0.6 is 0 Å². The van der Waals surface area contributed by atoms with Crippen LogP contribution < -0.4 is 10.5 Å². The number of piperazine rings is 1. The number of benzene rings is 1. The zero-order valence-corrected chi connectivity index (χ0v) is 18.5. The molecule has 6 nitrogen and oxygen atoms in total. The monoisotopic (exact) mass is 406 g/mol. The van der Waals surface area contributed by atoms with Crippen LogP contribution in [0.3, 0.4) is 0 Å². The minimum Gasteiger partial charge on any atom is -0.422 e. The molecular formula is C24H30N4O2. The maximum Gasteiger partial charge on any atom is 0.336 e. The number of aromatic nitrogens is 2. The van der Waals surface area contributed by atoms with Gasteiger partial charge in [-0.15, -0.1) is 0 Å². The molecule has 3 aromatic rings. The van der Waals surface area contributed by atoms with Gasteiger partial charge in [0.15, 0.2) is 0 Å². The van der Waals surface area contributed by atoms with E-state index in [1.807, 2.05) is 20.8 Å². The van der Waals surface area contributed by atoms with Crippen molar-refractivity contribution in [2.75, 3.05) is 31.1 Å². The van der Waals surface area contributed by atoms with E-state index in [2.05, 4.69) is 46.8 Å². The van der Waals surface area contributed by atoms with E-state index in [-0.39, 0.29) is 5.63 Å². The molecule has 1 saturated heterocycles. The number of hydrogen-bond acceptors (Lipinski definition) is 6. The lowest BCUT2D eigenvalue weighted by atomic mass is 10.0. The average Bonchev–Trinajstić information content (AvgIpc) is 2.71. The summed E-state index contributed by atoms with van der Waals surface area (Å²) in [5.41, 5.74) is 4.67. The molecule has 0 spiro atoms. The topological polar surface area (TPSA) is 62.5 Å². The fourth-order valence-electron chi connectivity index (χ4n) is 4.03. The van der Waals surface area contributed by atoms with E-state index >= 15 is 0 Å². The number of hydrogen-bond donors (Lipinski definition) is 0. The van der Waals surface area contributed by atoms with Crippen LogP contribution in [-0.4, -0.2) is 41.0 Å². The number of aryl methyl sites for hydroxylation is 3. The lowest BCUT2D eigenvalue weighted by Crippen LogP contribution is -2.46. The Morgan fingerprint density at radius 2 is 1.77 bits per heavy atom. The van der Waals surface area contributed by atoms with Gasteiger partial charge < -0.3 is 9.32 Å². The van der Waals surface area contributed by atoms with Crippen LogP contribution in [0.15, 0.2) is 33.5 Å². The fourth-order valence-corrected chi connectivity index (χ4v) is 4.03. The fraction of sp³-hybridized carbons (Fsp3) is 0.458. The summed E-state index contributed by atoms with van der Waals surface area (Å²) >= 11 is 0. The van der Waals surface area contributed by atoms with Crippen molar-refractivity contribution >= 4 is 16.8 Å². The van der Waals surface area contributed by atoms with Crippen molar-refractivity contribution in [3.05, 3.63) is 62.9 Å². The third-order valence-corrected chi connectivity index (χ3v) is 5.98. The second-order valence-corrected chi connectivity index (χ2v) is 8.62. The summed E-state index contributed by atoms with van der Waals surface area (Å²) in [6.45, 7) is 14.7. The van der Waals surface area contributed by atoms with Crippen molar-refractivity contribution in [2.45, 2.75) is 47.1 Å². The maximum absolute atomic E-state index is 12.2. The zero-order chi connectivity index (χ0) is 21.4. The standard InChI is InChI=1S/C24H30N4O2/c1-15(2)24-25-17(4)12-21(26-24)28-10-8-27(9-11-28)14-19-13-22(29)30-23-18(5)16(3)6-7-20(19)23/h6-7,12-13,15H,8-11,14H2,1-5H3. The second kappa shape index (κ2) is 8.19. The van der Waals surface area contributed by atoms with Gasteiger partial charge in [-0.1, -0.05) is 26.0 Å². The second-order valence-electron chi connectivity index (χ2n) is 8.62. The molecular weight excluding hydrogens is 376 g/mol. The molecule has 1 aromatic carbocycles. The first-order valence-corrected chi connectivity index (χ1v) is 10.7. The summed E-state index contributed by atoms with van der Waals surface area (Å²) in [5, 5.41) is 1.04. The molecule has 0 saturated carbocycles. The molecule has 0 atom stereocenters. The Morgan fingerprint density at radius 3 is 2.47 bits per heavy atom. The van der Waals surface area contributed by atoms with Crippen LogP contribution in [0.4, 0.5) is 5.82 Å². The molecule has 0 unspecified atom stereocenters. The third kappa shape index (κ3) is 4.10. The smallest absolute Gasteiger partial charge is 0.336 e. The normalized spacial score (nSPS) is 15.3. The minimum absolute atomic E-state index is 0.275. The predicted octanol–water partition coefficient (Wildman–Crippen LogP) is 3.95. The van der Waals surface area contributed by atoms with E-state index in [4.69, 9.17) is 9.40 Å². The molecule has 0 N–H and O–H groups in total. The highest BCUT2D eigenvalue weighted by Gasteiger charge is 2.21. The first-order valence-electron chi connectivity index (χ1n) is 10.7. The molecule has 0 aliphatic carbocycles. The quantitative estimate of drug-likeness (QED) is 0.611. The van der Waals surface area contributed by atoms with Gasteiger partial charge in [0.05, 0.1) is 0 Å². The zero-order valence-electron chi connectivity index (χ0n) is 18.5. The van der Waals surface area contributed by atoms with Crippen molar-refractivity contribution in [3.8, 4) is 0 Å². The first-order chi connectivity index (χ1) is 14.3. The number of rotatable bonds is 4. The summed E-state index contributed by atoms with van der Waals surface area (Å²) in [5.74, 6) is 2.23. The van der Waals surface area contributed by atoms with E-state index in [1.165, 1.54) is 0 Å². The first kappa shape index (κ1) is 20.5. The van der Waals surface area contributed by atoms with Crippen molar-refractivity contribution in [2.24, 2.45) is 0 Å². The Balaban J connectivity index is 1.51. The minimum atomic E-state index is -0.275. The van der Waals surface area contributed by atoms with Crippen LogP contribution in [0.5, 0.6) is 0 Å². The summed E-state index contributed by atoms with van der Waals surface area (Å²) in [6, 6.07) is 7.89. The summed E-state index contributed by atoms with van der Waals surface area (Å²) in [4.78, 5) is 26.2. The Kier molecular flexibility index (Phi) is 5.60. The van der Waals surface area contributed by atoms with Crippen molar-refractivity contribution < 1.29 is 4.42 Å². The van der Waals surface area contributed by atoms with Crippen molar-refractivity contribution in [1.29, 1.82) is 0 Å². The molecule has 1 aliphatic rings. The third-order valence-electron chi connectivity index (χ3n) is 5.98. The van der Waals surface area contributed by atoms with Gasteiger partial charge in [-0.2, -0.15) is 0 Å². The molecule has 1 aliphatic heterocycles. The van der Waals surface area contributed by atoms with Crippen molar-refractivity contribution in [3.63, 3.8) is 0 Å². The summed E-state index contributed by atoms with van der Waals surface area (Å²) in [7, 11) is 0. The highest BCUT2D eigenvalue weighted by molar-refractivity contribution is 5.83. The lowest BCUT2D eigenvalue weighted by molar-refractivity contribution is 0.249. The molecule has 158 valence electrons. The van der Waals surface area contributed by atoms with Crippen LogP contribution in [0.25, 0.3) is 11.0 Å². The van der Waals surface area contributed by atoms with E-state index < -0.39 is 0 Å². The number of nitrogens with zero attached hydrogens (tertiary/aromatic N) is 4. The Hall–Kier alpha value is -2.73. The van der Waals surface area contributed by atoms with E-state index in [0.29, 0.717) is 11.5 Å². The highest BCUT2D eigenvalue weighted by Crippen LogP contribution is 2.25. The molecule has 0 amide bonds. The van der Waals surface area contributed by atoms with Gasteiger partial charge in [0.1, 0.15) is 17.2 Å². The summed E-state index contributed by atoms with van der Waals surface area (Å²) in [6.07, 6.45) is 0. The van der Waals surface area contributed by atoms with E-state index in [1.54, 1.807) is 6.07 Å². The largest absolute Gasteiger partial charge is 0.422 e. The summed E-state index contributed by atoms with van der Waals surface area (Å²) < 4.78 is 5.52. The van der Waals surface area contributed by atoms with Gasteiger partial charge in [-0.25, -0.2) is 14.8 Å². The lowest BCUT2D eigenvalue weighted by Gasteiger charge is -2.35. The average molecular weight is 407 g/mol. The molecule has 1 fully saturated rings.